The van der Waals surface area contributed by atoms with Crippen molar-refractivity contribution in [2.45, 2.75) is 39.1 Å². The van der Waals surface area contributed by atoms with E-state index in [0.29, 0.717) is 16.6 Å². The lowest BCUT2D eigenvalue weighted by atomic mass is 10.1. The zero-order chi connectivity index (χ0) is 27.5. The number of rotatable bonds is 8. The molecule has 0 radical (unpaired) electrons. The molecule has 0 spiro atoms. The lowest BCUT2D eigenvalue weighted by molar-refractivity contribution is -0.122. The van der Waals surface area contributed by atoms with Gasteiger partial charge in [0.05, 0.1) is 25.0 Å². The van der Waals surface area contributed by atoms with Crippen LogP contribution in [-0.2, 0) is 11.3 Å². The second-order valence-corrected chi connectivity index (χ2v) is 11.3. The number of aliphatic imine (C=N–C) groups is 1. The monoisotopic (exact) mass is 558 g/mol. The molecule has 2 aliphatic heterocycles. The van der Waals surface area contributed by atoms with E-state index in [1.165, 1.54) is 17.4 Å². The summed E-state index contributed by atoms with van der Waals surface area (Å²) in [4.78, 5) is 27.3. The quantitative estimate of drug-likeness (QED) is 0.268. The minimum absolute atomic E-state index is 0.0132. The normalized spacial score (nSPS) is 17.8. The molecule has 39 heavy (non-hydrogen) atoms. The van der Waals surface area contributed by atoms with Gasteiger partial charge in [-0.15, -0.1) is 0 Å². The number of ether oxygens (including phenoxy) is 1. The average Bonchev–Trinajstić information content (AvgIpc) is 3.47. The molecule has 3 aromatic rings. The van der Waals surface area contributed by atoms with Crippen LogP contribution >= 0.6 is 23.5 Å². The summed E-state index contributed by atoms with van der Waals surface area (Å²) in [6.45, 7) is 11.7. The van der Waals surface area contributed by atoms with Crippen LogP contribution in [-0.4, -0.2) is 42.7 Å². The lowest BCUT2D eigenvalue weighted by Gasteiger charge is -2.22. The molecule has 1 saturated heterocycles. The number of methoxy groups -OCH3 is 1. The summed E-state index contributed by atoms with van der Waals surface area (Å²) >= 11 is 3.11. The van der Waals surface area contributed by atoms with Gasteiger partial charge in [-0.2, -0.15) is 0 Å². The molecule has 0 N–H and O–H groups in total. The van der Waals surface area contributed by atoms with Gasteiger partial charge < -0.3 is 14.5 Å². The highest BCUT2D eigenvalue weighted by molar-refractivity contribution is 8.19. The summed E-state index contributed by atoms with van der Waals surface area (Å²) < 4.78 is 5.48. The first-order valence-corrected chi connectivity index (χ1v) is 15.0. The van der Waals surface area contributed by atoms with Crippen molar-refractivity contribution in [2.24, 2.45) is 4.99 Å². The van der Waals surface area contributed by atoms with Gasteiger partial charge in [0.1, 0.15) is 15.7 Å². The maximum absolute atomic E-state index is 14.0. The molecule has 2 aliphatic rings. The van der Waals surface area contributed by atoms with E-state index in [-0.39, 0.29) is 5.91 Å². The fourth-order valence-electron chi connectivity index (χ4n) is 4.85. The number of carbonyl (C=O) groups is 1. The molecule has 0 bridgehead atoms. The molecule has 5 rings (SSSR count). The Hall–Kier alpha value is -3.36. The standard InChI is InChI=1S/C31H34N4O2S2/c1-6-33(7-2)23-14-16-25(21(4)18-23)32-31-35(20-22-12-10-9-11-13-22)29(36)28(39-31)30-34(8-3)26-19-24(37-5)15-17-27(26)38-30/h9-19H,6-8,20H2,1-5H3/b30-28-,32-31?. The Morgan fingerprint density at radius 3 is 2.36 bits per heavy atom. The first kappa shape index (κ1) is 27.2. The molecule has 202 valence electrons. The van der Waals surface area contributed by atoms with Gasteiger partial charge >= 0.3 is 0 Å². The topological polar surface area (TPSA) is 48.4 Å². The summed E-state index contributed by atoms with van der Waals surface area (Å²) in [5.74, 6) is 0.793. The van der Waals surface area contributed by atoms with Crippen LogP contribution in [0.2, 0.25) is 0 Å². The zero-order valence-corrected chi connectivity index (χ0v) is 24.7. The van der Waals surface area contributed by atoms with Gasteiger partial charge in [0, 0.05) is 36.3 Å². The number of aryl methyl sites for hydroxylation is 1. The summed E-state index contributed by atoms with van der Waals surface area (Å²) in [7, 11) is 1.68. The molecule has 0 unspecified atom stereocenters. The lowest BCUT2D eigenvalue weighted by Crippen LogP contribution is -2.29. The van der Waals surface area contributed by atoms with Gasteiger partial charge in [0.15, 0.2) is 5.17 Å². The van der Waals surface area contributed by atoms with Crippen LogP contribution < -0.4 is 14.5 Å². The van der Waals surface area contributed by atoms with E-state index in [2.05, 4.69) is 73.9 Å². The van der Waals surface area contributed by atoms with Crippen molar-refractivity contribution < 1.29 is 9.53 Å². The number of hydrogen-bond acceptors (Lipinski definition) is 7. The molecule has 1 amide bonds. The minimum atomic E-state index is -0.0132. The third-order valence-corrected chi connectivity index (χ3v) is 9.37. The number of fused-ring (bicyclic) bond motifs is 1. The van der Waals surface area contributed by atoms with E-state index >= 15 is 0 Å². The summed E-state index contributed by atoms with van der Waals surface area (Å²) in [5.41, 5.74) is 5.30. The van der Waals surface area contributed by atoms with Crippen LogP contribution in [0.3, 0.4) is 0 Å². The average molecular weight is 559 g/mol. The molecular weight excluding hydrogens is 525 g/mol. The number of amidine groups is 1. The highest BCUT2D eigenvalue weighted by atomic mass is 32.2. The van der Waals surface area contributed by atoms with Gasteiger partial charge in [-0.1, -0.05) is 42.1 Å². The van der Waals surface area contributed by atoms with Gasteiger partial charge in [0.2, 0.25) is 0 Å². The van der Waals surface area contributed by atoms with Crippen LogP contribution in [0.15, 0.2) is 86.6 Å². The molecule has 0 aromatic heterocycles. The van der Waals surface area contributed by atoms with E-state index in [9.17, 15) is 4.79 Å². The largest absolute Gasteiger partial charge is 0.497 e. The molecule has 6 nitrogen and oxygen atoms in total. The summed E-state index contributed by atoms with van der Waals surface area (Å²) in [6.07, 6.45) is 0. The van der Waals surface area contributed by atoms with Crippen molar-refractivity contribution in [1.29, 1.82) is 0 Å². The van der Waals surface area contributed by atoms with Crippen LogP contribution in [0.1, 0.15) is 31.9 Å². The van der Waals surface area contributed by atoms with Crippen LogP contribution in [0.25, 0.3) is 0 Å². The van der Waals surface area contributed by atoms with Crippen molar-refractivity contribution in [1.82, 2.24) is 4.90 Å². The Morgan fingerprint density at radius 2 is 1.69 bits per heavy atom. The second kappa shape index (κ2) is 11.8. The second-order valence-electron chi connectivity index (χ2n) is 9.33. The molecular formula is C31H34N4O2S2. The molecule has 1 fully saturated rings. The van der Waals surface area contributed by atoms with E-state index < -0.39 is 0 Å². The minimum Gasteiger partial charge on any atom is -0.497 e. The predicted octanol–water partition coefficient (Wildman–Crippen LogP) is 7.41. The zero-order valence-electron chi connectivity index (χ0n) is 23.1. The number of amides is 1. The van der Waals surface area contributed by atoms with E-state index in [1.54, 1.807) is 18.9 Å². The van der Waals surface area contributed by atoms with Gasteiger partial charge in [0.25, 0.3) is 5.91 Å². The Bertz CT molecular complexity index is 1430. The van der Waals surface area contributed by atoms with Crippen LogP contribution in [0, 0.1) is 6.92 Å². The molecule has 2 heterocycles. The van der Waals surface area contributed by atoms with Crippen LogP contribution in [0.5, 0.6) is 5.75 Å². The van der Waals surface area contributed by atoms with Gasteiger partial charge in [-0.05, 0) is 80.9 Å². The number of nitrogens with zero attached hydrogens (tertiary/aromatic N) is 4. The molecule has 8 heteroatoms. The highest BCUT2D eigenvalue weighted by Crippen LogP contribution is 2.51. The summed E-state index contributed by atoms with van der Waals surface area (Å²) in [5, 5.41) is 1.66. The van der Waals surface area contributed by atoms with E-state index in [0.717, 1.165) is 57.8 Å². The van der Waals surface area contributed by atoms with Crippen molar-refractivity contribution in [3.63, 3.8) is 0 Å². The first-order chi connectivity index (χ1) is 19.0. The Balaban J connectivity index is 1.55. The van der Waals surface area contributed by atoms with Crippen molar-refractivity contribution in [2.75, 3.05) is 36.5 Å². The first-order valence-electron chi connectivity index (χ1n) is 13.3. The molecule has 0 aliphatic carbocycles. The Kier molecular flexibility index (Phi) is 8.23. The predicted molar refractivity (Wildman–Crippen MR) is 165 cm³/mol. The third-order valence-electron chi connectivity index (χ3n) is 6.99. The molecule has 3 aromatic carbocycles. The molecule has 0 atom stereocenters. The van der Waals surface area contributed by atoms with Crippen molar-refractivity contribution in [3.8, 4) is 5.75 Å². The maximum Gasteiger partial charge on any atom is 0.269 e. The number of benzene rings is 3. The fraction of sp³-hybridized carbons (Fsp3) is 0.290. The van der Waals surface area contributed by atoms with E-state index in [4.69, 9.17) is 9.73 Å². The SMILES string of the molecule is CCN(CC)c1ccc(N=C2S/C(=C3\Sc4ccc(OC)cc4N3CC)C(=O)N2Cc2ccccc2)c(C)c1. The third kappa shape index (κ3) is 5.40. The van der Waals surface area contributed by atoms with Gasteiger partial charge in [-0.25, -0.2) is 4.99 Å². The Morgan fingerprint density at radius 1 is 0.923 bits per heavy atom. The van der Waals surface area contributed by atoms with Crippen molar-refractivity contribution >= 4 is 51.7 Å². The smallest absolute Gasteiger partial charge is 0.269 e. The fourth-order valence-corrected chi connectivity index (χ4v) is 7.21. The Labute approximate surface area is 239 Å². The number of thioether (sulfide) groups is 2. The number of carbonyl (C=O) groups excluding carboxylic acids is 1. The van der Waals surface area contributed by atoms with E-state index in [1.807, 2.05) is 35.2 Å². The molecule has 0 saturated carbocycles. The van der Waals surface area contributed by atoms with Crippen molar-refractivity contribution in [3.05, 3.63) is 87.8 Å². The number of anilines is 2. The maximum atomic E-state index is 14.0. The summed E-state index contributed by atoms with van der Waals surface area (Å²) in [6, 6.07) is 22.6. The highest BCUT2D eigenvalue weighted by Gasteiger charge is 2.40. The van der Waals surface area contributed by atoms with Gasteiger partial charge in [-0.3, -0.25) is 9.69 Å². The van der Waals surface area contributed by atoms with Crippen LogP contribution in [0.4, 0.5) is 17.1 Å². The number of hydrogen-bond donors (Lipinski definition) is 0.